The predicted molar refractivity (Wildman–Crippen MR) is 66.7 cm³/mol. The molecule has 0 spiro atoms. The summed E-state index contributed by atoms with van der Waals surface area (Å²) in [5, 5.41) is 12.4. The third-order valence-corrected chi connectivity index (χ3v) is 3.32. The summed E-state index contributed by atoms with van der Waals surface area (Å²) >= 11 is 0. The van der Waals surface area contributed by atoms with E-state index in [4.69, 9.17) is 9.52 Å². The first-order chi connectivity index (χ1) is 8.35. The smallest absolute Gasteiger partial charge is 0.129 e. The Morgan fingerprint density at radius 1 is 1.41 bits per heavy atom. The van der Waals surface area contributed by atoms with Crippen LogP contribution in [0.2, 0.25) is 0 Å². The molecule has 17 heavy (non-hydrogen) atoms. The first-order valence-corrected chi connectivity index (χ1v) is 6.49. The molecule has 1 fully saturated rings. The summed E-state index contributed by atoms with van der Waals surface area (Å²) in [7, 11) is 0. The maximum atomic E-state index is 9.06. The predicted octanol–water partition coefficient (Wildman–Crippen LogP) is 1.52. The molecule has 0 aliphatic carbocycles. The molecular weight excluding hydrogens is 216 g/mol. The minimum absolute atomic E-state index is 0.0135. The van der Waals surface area contributed by atoms with Crippen molar-refractivity contribution in [2.75, 3.05) is 26.2 Å². The lowest BCUT2D eigenvalue weighted by Crippen LogP contribution is -2.45. The molecule has 1 atom stereocenters. The maximum Gasteiger partial charge on any atom is 0.129 e. The van der Waals surface area contributed by atoms with Gasteiger partial charge < -0.3 is 14.8 Å². The fraction of sp³-hybridized carbons (Fsp3) is 0.692. The quantitative estimate of drug-likeness (QED) is 0.816. The van der Waals surface area contributed by atoms with E-state index in [1.165, 1.54) is 0 Å². The summed E-state index contributed by atoms with van der Waals surface area (Å²) < 4.78 is 5.69. The minimum Gasteiger partial charge on any atom is -0.462 e. The fourth-order valence-electron chi connectivity index (χ4n) is 2.43. The summed E-state index contributed by atoms with van der Waals surface area (Å²) in [6, 6.07) is 4.25. The van der Waals surface area contributed by atoms with Crippen molar-refractivity contribution in [3.8, 4) is 0 Å². The molecule has 1 aliphatic rings. The zero-order valence-corrected chi connectivity index (χ0v) is 10.5. The van der Waals surface area contributed by atoms with Crippen molar-refractivity contribution in [1.82, 2.24) is 10.2 Å². The number of furan rings is 1. The van der Waals surface area contributed by atoms with E-state index < -0.39 is 0 Å². The Bertz CT molecular complexity index is 332. The first-order valence-electron chi connectivity index (χ1n) is 6.49. The molecular formula is C13H22N2O2. The minimum atomic E-state index is -0.0135. The lowest BCUT2D eigenvalue weighted by molar-refractivity contribution is 0.140. The monoisotopic (exact) mass is 238 g/mol. The van der Waals surface area contributed by atoms with Crippen LogP contribution in [0.1, 0.15) is 37.3 Å². The molecule has 0 aromatic carbocycles. The molecule has 0 bridgehead atoms. The van der Waals surface area contributed by atoms with E-state index in [1.807, 2.05) is 12.1 Å². The van der Waals surface area contributed by atoms with Gasteiger partial charge in [-0.05, 0) is 18.6 Å². The van der Waals surface area contributed by atoms with E-state index in [0.29, 0.717) is 11.8 Å². The van der Waals surface area contributed by atoms with Gasteiger partial charge in [0.25, 0.3) is 0 Å². The number of aliphatic hydroxyl groups excluding tert-OH is 1. The molecule has 0 amide bonds. The van der Waals surface area contributed by atoms with Crippen LogP contribution in [0, 0.1) is 0 Å². The highest BCUT2D eigenvalue weighted by Gasteiger charge is 2.23. The number of aliphatic hydroxyl groups is 1. The van der Waals surface area contributed by atoms with Crippen molar-refractivity contribution in [3.63, 3.8) is 0 Å². The van der Waals surface area contributed by atoms with E-state index in [9.17, 15) is 0 Å². The van der Waals surface area contributed by atoms with Crippen LogP contribution in [0.15, 0.2) is 16.5 Å². The normalized spacial score (nSPS) is 19.4. The maximum absolute atomic E-state index is 9.06. The van der Waals surface area contributed by atoms with Crippen molar-refractivity contribution in [2.45, 2.75) is 32.4 Å². The topological polar surface area (TPSA) is 48.6 Å². The van der Waals surface area contributed by atoms with Crippen LogP contribution < -0.4 is 5.32 Å². The number of hydrogen-bond acceptors (Lipinski definition) is 4. The van der Waals surface area contributed by atoms with Gasteiger partial charge in [0, 0.05) is 26.2 Å². The van der Waals surface area contributed by atoms with Crippen LogP contribution in [0.3, 0.4) is 0 Å². The number of hydrogen-bond donors (Lipinski definition) is 2. The van der Waals surface area contributed by atoms with Crippen molar-refractivity contribution < 1.29 is 9.52 Å². The molecule has 0 radical (unpaired) electrons. The molecule has 4 heteroatoms. The molecule has 96 valence electrons. The Kier molecular flexibility index (Phi) is 4.59. The van der Waals surface area contributed by atoms with Crippen molar-refractivity contribution >= 4 is 0 Å². The number of rotatable bonds is 5. The molecule has 2 rings (SSSR count). The standard InChI is InChI=1S/C13H22N2O2/c1-2-3-12(15-8-6-14-7-9-15)13-5-4-11(10-16)17-13/h4-5,12,14,16H,2-3,6-10H2,1H3/t12-/m0/s1. The van der Waals surface area contributed by atoms with Gasteiger partial charge in [-0.3, -0.25) is 4.90 Å². The van der Waals surface area contributed by atoms with Crippen LogP contribution in [0.5, 0.6) is 0 Å². The zero-order valence-electron chi connectivity index (χ0n) is 10.5. The van der Waals surface area contributed by atoms with Gasteiger partial charge in [0.2, 0.25) is 0 Å². The number of nitrogens with zero attached hydrogens (tertiary/aromatic N) is 1. The largest absolute Gasteiger partial charge is 0.462 e. The summed E-state index contributed by atoms with van der Waals surface area (Å²) in [5.74, 6) is 1.66. The van der Waals surface area contributed by atoms with Crippen molar-refractivity contribution in [3.05, 3.63) is 23.7 Å². The van der Waals surface area contributed by atoms with Gasteiger partial charge in [-0.15, -0.1) is 0 Å². The van der Waals surface area contributed by atoms with Gasteiger partial charge in [0.15, 0.2) is 0 Å². The lowest BCUT2D eigenvalue weighted by Gasteiger charge is -2.33. The first kappa shape index (κ1) is 12.6. The van der Waals surface area contributed by atoms with Gasteiger partial charge in [-0.25, -0.2) is 0 Å². The van der Waals surface area contributed by atoms with Gasteiger partial charge in [-0.2, -0.15) is 0 Å². The van der Waals surface area contributed by atoms with E-state index in [2.05, 4.69) is 17.1 Å². The molecule has 1 aromatic heterocycles. The van der Waals surface area contributed by atoms with Gasteiger partial charge in [-0.1, -0.05) is 13.3 Å². The average molecular weight is 238 g/mol. The third kappa shape index (κ3) is 3.09. The van der Waals surface area contributed by atoms with Gasteiger partial charge in [0.1, 0.15) is 18.1 Å². The summed E-state index contributed by atoms with van der Waals surface area (Å²) in [6.45, 7) is 6.42. The van der Waals surface area contributed by atoms with Crippen LogP contribution in [0.4, 0.5) is 0 Å². The molecule has 2 N–H and O–H groups in total. The Balaban J connectivity index is 2.09. The van der Waals surface area contributed by atoms with E-state index in [1.54, 1.807) is 0 Å². The second-order valence-corrected chi connectivity index (χ2v) is 4.55. The van der Waals surface area contributed by atoms with Crippen LogP contribution in [-0.2, 0) is 6.61 Å². The molecule has 4 nitrogen and oxygen atoms in total. The van der Waals surface area contributed by atoms with Gasteiger partial charge in [0.05, 0.1) is 6.04 Å². The van der Waals surface area contributed by atoms with Crippen molar-refractivity contribution in [1.29, 1.82) is 0 Å². The second-order valence-electron chi connectivity index (χ2n) is 4.55. The summed E-state index contributed by atoms with van der Waals surface area (Å²) in [6.07, 6.45) is 2.25. The van der Waals surface area contributed by atoms with Crippen LogP contribution >= 0.6 is 0 Å². The Labute approximate surface area is 103 Å². The summed E-state index contributed by atoms with van der Waals surface area (Å²) in [5.41, 5.74) is 0. The molecule has 1 aliphatic heterocycles. The highest BCUT2D eigenvalue weighted by atomic mass is 16.4. The Morgan fingerprint density at radius 3 is 2.76 bits per heavy atom. The van der Waals surface area contributed by atoms with Crippen LogP contribution in [-0.4, -0.2) is 36.2 Å². The molecule has 0 saturated carbocycles. The average Bonchev–Trinajstić information content (AvgIpc) is 2.85. The molecule has 0 unspecified atom stereocenters. The highest BCUT2D eigenvalue weighted by molar-refractivity contribution is 5.11. The lowest BCUT2D eigenvalue weighted by atomic mass is 10.1. The van der Waals surface area contributed by atoms with Crippen LogP contribution in [0.25, 0.3) is 0 Å². The SMILES string of the molecule is CCC[C@@H](c1ccc(CO)o1)N1CCNCC1. The highest BCUT2D eigenvalue weighted by Crippen LogP contribution is 2.27. The van der Waals surface area contributed by atoms with E-state index in [0.717, 1.165) is 44.8 Å². The second kappa shape index (κ2) is 6.19. The van der Waals surface area contributed by atoms with E-state index in [-0.39, 0.29) is 6.61 Å². The van der Waals surface area contributed by atoms with E-state index >= 15 is 0 Å². The Morgan fingerprint density at radius 2 is 2.18 bits per heavy atom. The third-order valence-electron chi connectivity index (χ3n) is 3.32. The number of piperazine rings is 1. The summed E-state index contributed by atoms with van der Waals surface area (Å²) in [4.78, 5) is 2.47. The molecule has 1 aromatic rings. The molecule has 2 heterocycles. The zero-order chi connectivity index (χ0) is 12.1. The van der Waals surface area contributed by atoms with Crippen molar-refractivity contribution in [2.24, 2.45) is 0 Å². The molecule has 1 saturated heterocycles. The fourth-order valence-corrected chi connectivity index (χ4v) is 2.43. The Hall–Kier alpha value is -0.840. The van der Waals surface area contributed by atoms with Gasteiger partial charge >= 0.3 is 0 Å². The number of nitrogens with one attached hydrogen (secondary N) is 1.